The fraction of sp³-hybridized carbons (Fsp3) is 0.263. The Kier molecular flexibility index (Phi) is 5.34. The van der Waals surface area contributed by atoms with E-state index in [1.165, 1.54) is 18.3 Å². The van der Waals surface area contributed by atoms with Crippen LogP contribution in [0.5, 0.6) is 0 Å². The van der Waals surface area contributed by atoms with E-state index < -0.39 is 11.4 Å². The predicted octanol–water partition coefficient (Wildman–Crippen LogP) is 3.99. The fourth-order valence-corrected chi connectivity index (χ4v) is 2.29. The zero-order valence-corrected chi connectivity index (χ0v) is 14.2. The summed E-state index contributed by atoms with van der Waals surface area (Å²) in [7, 11) is 0. The first-order valence-electron chi connectivity index (χ1n) is 7.71. The lowest BCUT2D eigenvalue weighted by atomic mass is 9.92. The highest BCUT2D eigenvalue weighted by molar-refractivity contribution is 5.75. The fourth-order valence-electron chi connectivity index (χ4n) is 2.29. The van der Waals surface area contributed by atoms with E-state index in [-0.39, 0.29) is 18.3 Å². The number of carbonyl (C=O) groups excluding carboxylic acids is 1. The number of pyridine rings is 1. The highest BCUT2D eigenvalue weighted by Crippen LogP contribution is 2.23. The normalized spacial score (nSPS) is 11.0. The Hall–Kier alpha value is -2.69. The number of amides is 2. The zero-order chi connectivity index (χ0) is 17.7. The first-order chi connectivity index (χ1) is 11.3. The summed E-state index contributed by atoms with van der Waals surface area (Å²) >= 11 is 0. The van der Waals surface area contributed by atoms with Crippen molar-refractivity contribution in [1.82, 2.24) is 15.6 Å². The van der Waals surface area contributed by atoms with Crippen molar-refractivity contribution in [2.45, 2.75) is 32.9 Å². The summed E-state index contributed by atoms with van der Waals surface area (Å²) in [5.41, 5.74) is 2.57. The third kappa shape index (κ3) is 4.41. The molecule has 0 aliphatic heterocycles. The van der Waals surface area contributed by atoms with Crippen LogP contribution in [0.15, 0.2) is 49.2 Å². The van der Waals surface area contributed by atoms with Gasteiger partial charge in [0.15, 0.2) is 0 Å². The molecule has 0 fully saturated rings. The number of hydrogen-bond donors (Lipinski definition) is 2. The molecule has 0 unspecified atom stereocenters. The van der Waals surface area contributed by atoms with Crippen molar-refractivity contribution in [3.05, 3.63) is 71.8 Å². The van der Waals surface area contributed by atoms with Crippen LogP contribution in [0.2, 0.25) is 0 Å². The summed E-state index contributed by atoms with van der Waals surface area (Å²) in [6, 6.07) is 10.3. The first kappa shape index (κ1) is 17.7. The minimum Gasteiger partial charge on any atom is -0.332 e. The van der Waals surface area contributed by atoms with Gasteiger partial charge in [0.2, 0.25) is 0 Å². The van der Waals surface area contributed by atoms with Gasteiger partial charge in [0.1, 0.15) is 5.82 Å². The second kappa shape index (κ2) is 7.25. The lowest BCUT2D eigenvalue weighted by Crippen LogP contribution is -2.46. The van der Waals surface area contributed by atoms with Gasteiger partial charge in [-0.25, -0.2) is 9.18 Å². The quantitative estimate of drug-likeness (QED) is 0.872. The number of halogens is 1. The molecular weight excluding hydrogens is 305 g/mol. The molecule has 0 saturated carbocycles. The van der Waals surface area contributed by atoms with Crippen molar-refractivity contribution in [2.75, 3.05) is 0 Å². The smallest absolute Gasteiger partial charge is 0.315 e. The average Bonchev–Trinajstić information content (AvgIpc) is 2.54. The van der Waals surface area contributed by atoms with Crippen molar-refractivity contribution in [3.63, 3.8) is 0 Å². The van der Waals surface area contributed by atoms with Gasteiger partial charge in [-0.05, 0) is 50.1 Å². The second-order valence-electron chi connectivity index (χ2n) is 6.23. The predicted molar refractivity (Wildman–Crippen MR) is 93.7 cm³/mol. The minimum atomic E-state index is -0.585. The third-order valence-corrected chi connectivity index (χ3v) is 3.75. The van der Waals surface area contributed by atoms with E-state index in [1.807, 2.05) is 45.0 Å². The molecule has 0 bridgehead atoms. The average molecular weight is 327 g/mol. The Balaban J connectivity index is 2.03. The van der Waals surface area contributed by atoms with Gasteiger partial charge in [0.05, 0.1) is 17.8 Å². The van der Waals surface area contributed by atoms with Crippen LogP contribution in [0.4, 0.5) is 9.18 Å². The number of benzene rings is 1. The number of aromatic nitrogens is 1. The summed E-state index contributed by atoms with van der Waals surface area (Å²) in [6.45, 7) is 9.72. The SMILES string of the molecule is C=C(C)c1cccc(C(C)(C)NC(=O)NCc2ncccc2F)c1. The molecule has 0 saturated heterocycles. The van der Waals surface area contributed by atoms with Gasteiger partial charge in [-0.3, -0.25) is 4.98 Å². The monoisotopic (exact) mass is 327 g/mol. The lowest BCUT2D eigenvalue weighted by molar-refractivity contribution is 0.229. The summed E-state index contributed by atoms with van der Waals surface area (Å²) in [5, 5.41) is 5.53. The van der Waals surface area contributed by atoms with Gasteiger partial charge in [-0.2, -0.15) is 0 Å². The number of urea groups is 1. The van der Waals surface area contributed by atoms with Crippen molar-refractivity contribution in [3.8, 4) is 0 Å². The topological polar surface area (TPSA) is 54.0 Å². The summed E-state index contributed by atoms with van der Waals surface area (Å²) in [4.78, 5) is 16.1. The van der Waals surface area contributed by atoms with Crippen LogP contribution in [0.3, 0.4) is 0 Å². The van der Waals surface area contributed by atoms with Crippen LogP contribution in [0.25, 0.3) is 5.57 Å². The molecule has 1 heterocycles. The van der Waals surface area contributed by atoms with Crippen LogP contribution >= 0.6 is 0 Å². The van der Waals surface area contributed by atoms with Crippen LogP contribution in [-0.4, -0.2) is 11.0 Å². The van der Waals surface area contributed by atoms with Gasteiger partial charge in [-0.15, -0.1) is 0 Å². The van der Waals surface area contributed by atoms with E-state index >= 15 is 0 Å². The molecule has 0 spiro atoms. The van der Waals surface area contributed by atoms with Gasteiger partial charge in [0, 0.05) is 6.20 Å². The first-order valence-corrected chi connectivity index (χ1v) is 7.71. The Bertz CT molecular complexity index is 756. The molecule has 0 aliphatic carbocycles. The number of rotatable bonds is 5. The lowest BCUT2D eigenvalue weighted by Gasteiger charge is -2.27. The molecule has 24 heavy (non-hydrogen) atoms. The molecule has 1 aromatic carbocycles. The van der Waals surface area contributed by atoms with Crippen LogP contribution < -0.4 is 10.6 Å². The van der Waals surface area contributed by atoms with Gasteiger partial charge in [0.25, 0.3) is 0 Å². The minimum absolute atomic E-state index is 0.0282. The van der Waals surface area contributed by atoms with Crippen molar-refractivity contribution < 1.29 is 9.18 Å². The molecule has 0 atom stereocenters. The molecule has 4 nitrogen and oxygen atoms in total. The van der Waals surface area contributed by atoms with E-state index in [4.69, 9.17) is 0 Å². The maximum atomic E-state index is 13.5. The largest absolute Gasteiger partial charge is 0.332 e. The number of hydrogen-bond acceptors (Lipinski definition) is 2. The van der Waals surface area contributed by atoms with Crippen LogP contribution in [-0.2, 0) is 12.1 Å². The van der Waals surface area contributed by atoms with Gasteiger partial charge < -0.3 is 10.6 Å². The number of carbonyl (C=O) groups is 1. The van der Waals surface area contributed by atoms with E-state index in [2.05, 4.69) is 22.2 Å². The molecule has 2 aromatic rings. The molecular formula is C19H22FN3O. The molecule has 2 amide bonds. The van der Waals surface area contributed by atoms with Crippen molar-refractivity contribution in [2.24, 2.45) is 0 Å². The number of allylic oxidation sites excluding steroid dienone is 1. The van der Waals surface area contributed by atoms with Crippen molar-refractivity contribution >= 4 is 11.6 Å². The Morgan fingerprint density at radius 3 is 2.71 bits per heavy atom. The number of nitrogens with one attached hydrogen (secondary N) is 2. The Morgan fingerprint density at radius 1 is 1.29 bits per heavy atom. The molecule has 2 N–H and O–H groups in total. The maximum Gasteiger partial charge on any atom is 0.315 e. The zero-order valence-electron chi connectivity index (χ0n) is 14.2. The summed E-state index contributed by atoms with van der Waals surface area (Å²) in [5.74, 6) is -0.439. The Morgan fingerprint density at radius 2 is 2.04 bits per heavy atom. The molecule has 0 radical (unpaired) electrons. The second-order valence-corrected chi connectivity index (χ2v) is 6.23. The highest BCUT2D eigenvalue weighted by atomic mass is 19.1. The maximum absolute atomic E-state index is 13.5. The van der Waals surface area contributed by atoms with Crippen LogP contribution in [0, 0.1) is 5.82 Å². The third-order valence-electron chi connectivity index (χ3n) is 3.75. The standard InChI is InChI=1S/C19H22FN3O/c1-13(2)14-7-5-8-15(11-14)19(3,4)23-18(24)22-12-17-16(20)9-6-10-21-17/h5-11H,1,12H2,2-4H3,(H2,22,23,24). The molecule has 0 aliphatic rings. The van der Waals surface area contributed by atoms with Crippen LogP contribution in [0.1, 0.15) is 37.6 Å². The van der Waals surface area contributed by atoms with Crippen molar-refractivity contribution in [1.29, 1.82) is 0 Å². The van der Waals surface area contributed by atoms with Gasteiger partial charge in [-0.1, -0.05) is 30.4 Å². The van der Waals surface area contributed by atoms with E-state index in [1.54, 1.807) is 0 Å². The Labute approximate surface area is 141 Å². The molecule has 2 rings (SSSR count). The van der Waals surface area contributed by atoms with E-state index in [0.717, 1.165) is 16.7 Å². The summed E-state index contributed by atoms with van der Waals surface area (Å²) in [6.07, 6.45) is 1.49. The molecule has 126 valence electrons. The molecule has 1 aromatic heterocycles. The summed E-state index contributed by atoms with van der Waals surface area (Å²) < 4.78 is 13.5. The highest BCUT2D eigenvalue weighted by Gasteiger charge is 2.23. The van der Waals surface area contributed by atoms with Gasteiger partial charge >= 0.3 is 6.03 Å². The van der Waals surface area contributed by atoms with E-state index in [0.29, 0.717) is 0 Å². The number of nitrogens with zero attached hydrogens (tertiary/aromatic N) is 1. The molecule has 5 heteroatoms. The van der Waals surface area contributed by atoms with E-state index in [9.17, 15) is 9.18 Å².